The van der Waals surface area contributed by atoms with Crippen molar-refractivity contribution < 1.29 is 9.90 Å². The summed E-state index contributed by atoms with van der Waals surface area (Å²) in [6, 6.07) is 11.9. The Labute approximate surface area is 134 Å². The molecule has 2 aromatic rings. The van der Waals surface area contributed by atoms with E-state index in [9.17, 15) is 9.90 Å². The summed E-state index contributed by atoms with van der Waals surface area (Å²) in [6.45, 7) is 0.430. The van der Waals surface area contributed by atoms with E-state index in [2.05, 4.69) is 10.3 Å². The number of nitrogens with one attached hydrogen (secondary N) is 1. The van der Waals surface area contributed by atoms with Gasteiger partial charge in [-0.05, 0) is 34.9 Å². The average Bonchev–Trinajstić information content (AvgIpc) is 3.02. The number of hydrogen-bond donors (Lipinski definition) is 2. The van der Waals surface area contributed by atoms with Gasteiger partial charge in [0.25, 0.3) is 5.91 Å². The fourth-order valence-corrected chi connectivity index (χ4v) is 3.67. The van der Waals surface area contributed by atoms with Crippen LogP contribution in [0.1, 0.15) is 12.0 Å². The molecule has 1 atom stereocenters. The molecular weight excluding hydrogens is 296 g/mol. The van der Waals surface area contributed by atoms with Crippen LogP contribution >= 0.6 is 11.8 Å². The Kier molecular flexibility index (Phi) is 4.45. The third-order valence-corrected chi connectivity index (χ3v) is 5.00. The maximum absolute atomic E-state index is 12.0. The summed E-state index contributed by atoms with van der Waals surface area (Å²) in [5.41, 5.74) is 1.97. The summed E-state index contributed by atoms with van der Waals surface area (Å²) in [5.74, 6) is 1.05. The number of nitrogens with zero attached hydrogens (tertiary/aromatic N) is 1. The van der Waals surface area contributed by atoms with Gasteiger partial charge >= 0.3 is 0 Å². The first-order valence-electron chi connectivity index (χ1n) is 7.25. The van der Waals surface area contributed by atoms with Crippen molar-refractivity contribution in [1.82, 2.24) is 10.3 Å². The Hall–Kier alpha value is -1.85. The molecule has 1 unspecified atom stereocenters. The van der Waals surface area contributed by atoms with Crippen molar-refractivity contribution in [2.24, 2.45) is 0 Å². The lowest BCUT2D eigenvalue weighted by Gasteiger charge is -2.20. The molecule has 0 radical (unpaired) electrons. The van der Waals surface area contributed by atoms with Crippen molar-refractivity contribution >= 4 is 17.7 Å². The second-order valence-electron chi connectivity index (χ2n) is 5.46. The number of aromatic nitrogens is 1. The highest BCUT2D eigenvalue weighted by molar-refractivity contribution is 7.99. The normalized spacial score (nSPS) is 20.8. The maximum atomic E-state index is 12.0. The first-order chi connectivity index (χ1) is 10.7. The number of hydrogen-bond acceptors (Lipinski definition) is 4. The molecule has 22 heavy (non-hydrogen) atoms. The van der Waals surface area contributed by atoms with Crippen LogP contribution in [0.25, 0.3) is 11.1 Å². The second-order valence-corrected chi connectivity index (χ2v) is 6.56. The van der Waals surface area contributed by atoms with E-state index in [1.165, 1.54) is 0 Å². The highest BCUT2D eigenvalue weighted by atomic mass is 32.2. The lowest BCUT2D eigenvalue weighted by molar-refractivity contribution is -0.137. The number of carbonyl (C=O) groups excluding carboxylic acids is 1. The summed E-state index contributed by atoms with van der Waals surface area (Å²) in [6.07, 6.45) is 4.10. The third kappa shape index (κ3) is 3.31. The van der Waals surface area contributed by atoms with Gasteiger partial charge in [-0.15, -0.1) is 0 Å². The molecule has 3 rings (SSSR count). The van der Waals surface area contributed by atoms with Crippen molar-refractivity contribution in [3.05, 3.63) is 54.4 Å². The van der Waals surface area contributed by atoms with E-state index in [0.717, 1.165) is 22.4 Å². The van der Waals surface area contributed by atoms with Gasteiger partial charge in [-0.25, -0.2) is 0 Å². The fourth-order valence-electron chi connectivity index (χ4n) is 2.43. The summed E-state index contributed by atoms with van der Waals surface area (Å²) < 4.78 is 0. The predicted molar refractivity (Wildman–Crippen MR) is 88.4 cm³/mol. The highest BCUT2D eigenvalue weighted by Gasteiger charge is 2.39. The molecular formula is C17H18N2O2S. The van der Waals surface area contributed by atoms with E-state index in [1.54, 1.807) is 18.0 Å². The Balaban J connectivity index is 1.61. The molecule has 1 amide bonds. The molecule has 0 bridgehead atoms. The zero-order chi connectivity index (χ0) is 15.4. The second kappa shape index (κ2) is 6.50. The molecule has 1 saturated heterocycles. The van der Waals surface area contributed by atoms with Gasteiger partial charge < -0.3 is 10.4 Å². The SMILES string of the molecule is O=C(NCc1ccc(-c2cccnc2)cc1)C1(O)CCSC1. The van der Waals surface area contributed by atoms with Crippen LogP contribution in [0, 0.1) is 0 Å². The van der Waals surface area contributed by atoms with Gasteiger partial charge in [-0.2, -0.15) is 11.8 Å². The molecule has 0 spiro atoms. The molecule has 0 aliphatic carbocycles. The van der Waals surface area contributed by atoms with Crippen LogP contribution in [0.4, 0.5) is 0 Å². The first-order valence-corrected chi connectivity index (χ1v) is 8.41. The van der Waals surface area contributed by atoms with Gasteiger partial charge in [0.2, 0.25) is 0 Å². The molecule has 1 aliphatic heterocycles. The van der Waals surface area contributed by atoms with Crippen LogP contribution in [-0.4, -0.2) is 33.1 Å². The highest BCUT2D eigenvalue weighted by Crippen LogP contribution is 2.28. The Bertz CT molecular complexity index is 637. The summed E-state index contributed by atoms with van der Waals surface area (Å²) >= 11 is 1.61. The lowest BCUT2D eigenvalue weighted by Crippen LogP contribution is -2.46. The van der Waals surface area contributed by atoms with E-state index < -0.39 is 5.60 Å². The van der Waals surface area contributed by atoms with Gasteiger partial charge in [0.1, 0.15) is 0 Å². The van der Waals surface area contributed by atoms with Crippen molar-refractivity contribution in [3.8, 4) is 11.1 Å². The van der Waals surface area contributed by atoms with Crippen LogP contribution in [0.3, 0.4) is 0 Å². The van der Waals surface area contributed by atoms with E-state index in [-0.39, 0.29) is 5.91 Å². The van der Waals surface area contributed by atoms with E-state index in [1.807, 2.05) is 42.6 Å². The topological polar surface area (TPSA) is 62.2 Å². The molecule has 1 aromatic heterocycles. The molecule has 1 fully saturated rings. The van der Waals surface area contributed by atoms with Crippen LogP contribution in [0.15, 0.2) is 48.8 Å². The Morgan fingerprint density at radius 1 is 1.27 bits per heavy atom. The average molecular weight is 314 g/mol. The number of carbonyl (C=O) groups is 1. The summed E-state index contributed by atoms with van der Waals surface area (Å²) in [7, 11) is 0. The molecule has 1 aromatic carbocycles. The minimum absolute atomic E-state index is 0.270. The molecule has 2 heterocycles. The fraction of sp³-hybridized carbons (Fsp3) is 0.294. The number of thioether (sulfide) groups is 1. The third-order valence-electron chi connectivity index (χ3n) is 3.83. The maximum Gasteiger partial charge on any atom is 0.253 e. The minimum atomic E-state index is -1.19. The zero-order valence-corrected chi connectivity index (χ0v) is 13.0. The van der Waals surface area contributed by atoms with E-state index in [4.69, 9.17) is 0 Å². The van der Waals surface area contributed by atoms with Gasteiger partial charge in [-0.1, -0.05) is 30.3 Å². The van der Waals surface area contributed by atoms with Crippen molar-refractivity contribution in [1.29, 1.82) is 0 Å². The van der Waals surface area contributed by atoms with Gasteiger partial charge in [0.05, 0.1) is 0 Å². The molecule has 4 nitrogen and oxygen atoms in total. The molecule has 0 saturated carbocycles. The van der Waals surface area contributed by atoms with Crippen molar-refractivity contribution in [2.75, 3.05) is 11.5 Å². The quantitative estimate of drug-likeness (QED) is 0.908. The number of amides is 1. The van der Waals surface area contributed by atoms with Gasteiger partial charge in [0, 0.05) is 24.7 Å². The van der Waals surface area contributed by atoms with Crippen molar-refractivity contribution in [3.63, 3.8) is 0 Å². The summed E-state index contributed by atoms with van der Waals surface area (Å²) in [4.78, 5) is 16.2. The number of benzene rings is 1. The van der Waals surface area contributed by atoms with Gasteiger partial charge in [-0.3, -0.25) is 9.78 Å². The van der Waals surface area contributed by atoms with Crippen molar-refractivity contribution in [2.45, 2.75) is 18.6 Å². The van der Waals surface area contributed by atoms with E-state index in [0.29, 0.717) is 18.7 Å². The van der Waals surface area contributed by atoms with Crippen LogP contribution < -0.4 is 5.32 Å². The van der Waals surface area contributed by atoms with E-state index >= 15 is 0 Å². The molecule has 114 valence electrons. The Morgan fingerprint density at radius 2 is 2.09 bits per heavy atom. The number of pyridine rings is 1. The van der Waals surface area contributed by atoms with Crippen LogP contribution in [0.5, 0.6) is 0 Å². The monoisotopic (exact) mass is 314 g/mol. The van der Waals surface area contributed by atoms with Gasteiger partial charge in [0.15, 0.2) is 5.60 Å². The summed E-state index contributed by atoms with van der Waals surface area (Å²) in [5, 5.41) is 13.0. The molecule has 5 heteroatoms. The molecule has 2 N–H and O–H groups in total. The Morgan fingerprint density at radius 3 is 2.73 bits per heavy atom. The first kappa shape index (κ1) is 15.1. The predicted octanol–water partition coefficient (Wildman–Crippen LogP) is 2.23. The number of rotatable bonds is 4. The smallest absolute Gasteiger partial charge is 0.253 e. The zero-order valence-electron chi connectivity index (χ0n) is 12.2. The largest absolute Gasteiger partial charge is 0.379 e. The number of aliphatic hydroxyl groups is 1. The lowest BCUT2D eigenvalue weighted by atomic mass is 10.0. The van der Waals surface area contributed by atoms with Crippen LogP contribution in [0.2, 0.25) is 0 Å². The minimum Gasteiger partial charge on any atom is -0.379 e. The standard InChI is InChI=1S/C17H18N2O2S/c20-16(17(21)7-9-22-12-17)19-10-13-3-5-14(6-4-13)15-2-1-8-18-11-15/h1-6,8,11,21H,7,9-10,12H2,(H,19,20). The van der Waals surface area contributed by atoms with Crippen LogP contribution in [-0.2, 0) is 11.3 Å². The molecule has 1 aliphatic rings.